The average Bonchev–Trinajstić information content (AvgIpc) is 2.23. The topological polar surface area (TPSA) is 27.7 Å². The normalized spacial score (nSPS) is 14.4. The summed E-state index contributed by atoms with van der Waals surface area (Å²) >= 11 is 7.89. The second kappa shape index (κ2) is 8.12. The van der Waals surface area contributed by atoms with E-state index in [1.807, 2.05) is 0 Å². The van der Waals surface area contributed by atoms with E-state index < -0.39 is 8.80 Å². The van der Waals surface area contributed by atoms with Crippen LogP contribution in [0, 0.1) is 0 Å². The third kappa shape index (κ3) is 5.13. The summed E-state index contributed by atoms with van der Waals surface area (Å²) in [6.07, 6.45) is 2.15. The monoisotopic (exact) mass is 302 g/mol. The van der Waals surface area contributed by atoms with Crippen molar-refractivity contribution >= 4 is 37.4 Å². The zero-order chi connectivity index (χ0) is 11.0. The Labute approximate surface area is 101 Å². The molecule has 0 aromatic rings. The van der Waals surface area contributed by atoms with E-state index in [2.05, 4.69) is 28.6 Å². The Balaban J connectivity index is 4.01. The molecule has 0 saturated heterocycles. The SMILES string of the molecule is CO[Si](CC(S)CCCBr)(OC)OC. The van der Waals surface area contributed by atoms with Crippen molar-refractivity contribution < 1.29 is 13.3 Å². The summed E-state index contributed by atoms with van der Waals surface area (Å²) in [5, 5.41) is 1.28. The fraction of sp³-hybridized carbons (Fsp3) is 1.00. The van der Waals surface area contributed by atoms with Crippen molar-refractivity contribution in [2.75, 3.05) is 26.7 Å². The van der Waals surface area contributed by atoms with Crippen LogP contribution in [0.2, 0.25) is 6.04 Å². The second-order valence-electron chi connectivity index (χ2n) is 2.98. The molecule has 0 aliphatic rings. The molecule has 0 aromatic carbocycles. The molecule has 0 amide bonds. The zero-order valence-corrected chi connectivity index (χ0v) is 12.4. The van der Waals surface area contributed by atoms with Gasteiger partial charge < -0.3 is 13.3 Å². The van der Waals surface area contributed by atoms with E-state index in [4.69, 9.17) is 13.3 Å². The van der Waals surface area contributed by atoms with Gasteiger partial charge in [-0.1, -0.05) is 15.9 Å². The first-order valence-electron chi connectivity index (χ1n) is 4.53. The lowest BCUT2D eigenvalue weighted by atomic mass is 10.3. The number of alkyl halides is 1. The predicted octanol–water partition coefficient (Wildman–Crippen LogP) is 2.34. The standard InChI is InChI=1S/C8H19BrO3SSi/c1-10-14(11-2,12-3)7-8(13)5-4-6-9/h8,13H,4-7H2,1-3H3. The first kappa shape index (κ1) is 14.9. The van der Waals surface area contributed by atoms with Crippen LogP contribution in [0.4, 0.5) is 0 Å². The molecular weight excluding hydrogens is 284 g/mol. The lowest BCUT2D eigenvalue weighted by Crippen LogP contribution is -2.44. The van der Waals surface area contributed by atoms with Crippen molar-refractivity contribution in [3.05, 3.63) is 0 Å². The van der Waals surface area contributed by atoms with Crippen molar-refractivity contribution in [1.82, 2.24) is 0 Å². The smallest absolute Gasteiger partial charge is 0.377 e. The minimum Gasteiger partial charge on any atom is -0.377 e. The molecule has 3 nitrogen and oxygen atoms in total. The lowest BCUT2D eigenvalue weighted by molar-refractivity contribution is 0.123. The molecule has 0 fully saturated rings. The van der Waals surface area contributed by atoms with Gasteiger partial charge in [-0.2, -0.15) is 12.6 Å². The van der Waals surface area contributed by atoms with Gasteiger partial charge in [0.2, 0.25) is 0 Å². The summed E-state index contributed by atoms with van der Waals surface area (Å²) in [7, 11) is 2.47. The molecule has 0 rings (SSSR count). The molecule has 0 aliphatic carbocycles. The zero-order valence-electron chi connectivity index (χ0n) is 8.96. The molecule has 0 aromatic heterocycles. The van der Waals surface area contributed by atoms with E-state index in [-0.39, 0.29) is 5.25 Å². The van der Waals surface area contributed by atoms with E-state index in [0.717, 1.165) is 24.2 Å². The minimum absolute atomic E-state index is 0.277. The minimum atomic E-state index is -2.42. The highest BCUT2D eigenvalue weighted by atomic mass is 79.9. The van der Waals surface area contributed by atoms with Crippen molar-refractivity contribution in [2.45, 2.75) is 24.1 Å². The number of thiol groups is 1. The third-order valence-electron chi connectivity index (χ3n) is 2.09. The maximum atomic E-state index is 5.32. The maximum absolute atomic E-state index is 5.32. The van der Waals surface area contributed by atoms with Gasteiger partial charge in [0, 0.05) is 38.0 Å². The maximum Gasteiger partial charge on any atom is 0.501 e. The van der Waals surface area contributed by atoms with Crippen molar-refractivity contribution in [3.8, 4) is 0 Å². The third-order valence-corrected chi connectivity index (χ3v) is 6.29. The van der Waals surface area contributed by atoms with Gasteiger partial charge >= 0.3 is 8.80 Å². The summed E-state index contributed by atoms with van der Waals surface area (Å²) in [5.41, 5.74) is 0. The summed E-state index contributed by atoms with van der Waals surface area (Å²) in [4.78, 5) is 0. The van der Waals surface area contributed by atoms with Gasteiger partial charge in [0.05, 0.1) is 0 Å². The molecule has 0 aliphatic heterocycles. The summed E-state index contributed by atoms with van der Waals surface area (Å²) in [6, 6.07) is 0.757. The molecule has 0 radical (unpaired) electrons. The molecule has 6 heteroatoms. The molecule has 0 bridgehead atoms. The van der Waals surface area contributed by atoms with Crippen molar-refractivity contribution in [2.24, 2.45) is 0 Å². The van der Waals surface area contributed by atoms with Crippen molar-refractivity contribution in [1.29, 1.82) is 0 Å². The molecule has 0 saturated carbocycles. The molecular formula is C8H19BrO3SSi. The Kier molecular flexibility index (Phi) is 8.66. The Morgan fingerprint density at radius 3 is 2.07 bits per heavy atom. The van der Waals surface area contributed by atoms with Crippen LogP contribution in [0.25, 0.3) is 0 Å². The van der Waals surface area contributed by atoms with E-state index in [0.29, 0.717) is 0 Å². The van der Waals surface area contributed by atoms with Gasteiger partial charge in [-0.05, 0) is 12.8 Å². The summed E-state index contributed by atoms with van der Waals surface area (Å²) in [5.74, 6) is 0. The van der Waals surface area contributed by atoms with Gasteiger partial charge in [0.15, 0.2) is 0 Å². The van der Waals surface area contributed by atoms with Crippen LogP contribution in [0.1, 0.15) is 12.8 Å². The van der Waals surface area contributed by atoms with Gasteiger partial charge in [0.1, 0.15) is 0 Å². The van der Waals surface area contributed by atoms with E-state index in [9.17, 15) is 0 Å². The van der Waals surface area contributed by atoms with Crippen LogP contribution in [0.5, 0.6) is 0 Å². The molecule has 1 unspecified atom stereocenters. The average molecular weight is 303 g/mol. The van der Waals surface area contributed by atoms with Gasteiger partial charge in [-0.15, -0.1) is 0 Å². The Morgan fingerprint density at radius 2 is 1.71 bits per heavy atom. The fourth-order valence-corrected chi connectivity index (χ4v) is 4.16. The van der Waals surface area contributed by atoms with Gasteiger partial charge in [-0.3, -0.25) is 0 Å². The molecule has 0 spiro atoms. The van der Waals surface area contributed by atoms with Crippen molar-refractivity contribution in [3.63, 3.8) is 0 Å². The quantitative estimate of drug-likeness (QED) is 0.424. The number of halogens is 1. The Hall–Kier alpha value is 0.927. The Morgan fingerprint density at radius 1 is 1.21 bits per heavy atom. The lowest BCUT2D eigenvalue weighted by Gasteiger charge is -2.26. The van der Waals surface area contributed by atoms with Crippen LogP contribution in [0.3, 0.4) is 0 Å². The second-order valence-corrected chi connectivity index (χ2v) is 7.51. The molecule has 14 heavy (non-hydrogen) atoms. The van der Waals surface area contributed by atoms with E-state index >= 15 is 0 Å². The first-order chi connectivity index (χ1) is 6.64. The number of hydrogen-bond acceptors (Lipinski definition) is 4. The highest BCUT2D eigenvalue weighted by Crippen LogP contribution is 2.21. The van der Waals surface area contributed by atoms with Crippen LogP contribution >= 0.6 is 28.6 Å². The first-order valence-corrected chi connectivity index (χ1v) is 8.10. The molecule has 0 heterocycles. The predicted molar refractivity (Wildman–Crippen MR) is 67.4 cm³/mol. The molecule has 1 atom stereocenters. The number of rotatable bonds is 8. The molecule has 86 valence electrons. The Bertz CT molecular complexity index is 138. The van der Waals surface area contributed by atoms with Gasteiger partial charge in [-0.25, -0.2) is 0 Å². The highest BCUT2D eigenvalue weighted by Gasteiger charge is 2.39. The van der Waals surface area contributed by atoms with Crippen LogP contribution in [0.15, 0.2) is 0 Å². The fourth-order valence-electron chi connectivity index (χ4n) is 1.20. The van der Waals surface area contributed by atoms with Gasteiger partial charge in [0.25, 0.3) is 0 Å². The van der Waals surface area contributed by atoms with E-state index in [1.165, 1.54) is 0 Å². The van der Waals surface area contributed by atoms with Crippen LogP contribution < -0.4 is 0 Å². The number of hydrogen-bond donors (Lipinski definition) is 1. The highest BCUT2D eigenvalue weighted by molar-refractivity contribution is 9.09. The van der Waals surface area contributed by atoms with Crippen LogP contribution in [-0.2, 0) is 13.3 Å². The summed E-state index contributed by atoms with van der Waals surface area (Å²) in [6.45, 7) is 0. The summed E-state index contributed by atoms with van der Waals surface area (Å²) < 4.78 is 16.0. The van der Waals surface area contributed by atoms with Crippen LogP contribution in [-0.4, -0.2) is 40.7 Å². The largest absolute Gasteiger partial charge is 0.501 e. The van der Waals surface area contributed by atoms with E-state index in [1.54, 1.807) is 21.3 Å². The molecule has 0 N–H and O–H groups in total.